The van der Waals surface area contributed by atoms with E-state index in [9.17, 15) is 4.79 Å². The smallest absolute Gasteiger partial charge is 0.234 e. The summed E-state index contributed by atoms with van der Waals surface area (Å²) in [7, 11) is 0. The molecule has 2 heterocycles. The second-order valence-electron chi connectivity index (χ2n) is 7.02. The number of hydrogen-bond acceptors (Lipinski definition) is 4. The van der Waals surface area contributed by atoms with Gasteiger partial charge in [0.25, 0.3) is 0 Å². The first-order valence-corrected chi connectivity index (χ1v) is 9.45. The molecule has 3 aromatic rings. The van der Waals surface area contributed by atoms with Crippen molar-refractivity contribution in [1.82, 2.24) is 25.1 Å². The summed E-state index contributed by atoms with van der Waals surface area (Å²) in [6, 6.07) is 18.4. The molecule has 0 aliphatic carbocycles. The van der Waals surface area contributed by atoms with E-state index in [1.807, 2.05) is 30.3 Å². The van der Waals surface area contributed by atoms with Crippen LogP contribution in [0.25, 0.3) is 11.0 Å². The molecule has 1 fully saturated rings. The number of para-hydroxylation sites is 2. The molecule has 1 amide bonds. The molecule has 0 unspecified atom stereocenters. The van der Waals surface area contributed by atoms with Gasteiger partial charge in [0.05, 0.1) is 24.1 Å². The molecule has 0 spiro atoms. The lowest BCUT2D eigenvalue weighted by Gasteiger charge is -2.34. The van der Waals surface area contributed by atoms with E-state index in [4.69, 9.17) is 0 Å². The Hall–Kier alpha value is -2.70. The third-order valence-electron chi connectivity index (χ3n) is 4.97. The number of fused-ring (bicyclic) bond motifs is 1. The number of carbonyl (C=O) groups is 1. The molecule has 1 aliphatic heterocycles. The quantitative estimate of drug-likeness (QED) is 0.703. The van der Waals surface area contributed by atoms with Gasteiger partial charge in [-0.3, -0.25) is 14.6 Å². The van der Waals surface area contributed by atoms with Gasteiger partial charge in [0.15, 0.2) is 0 Å². The minimum absolute atomic E-state index is 0.0481. The van der Waals surface area contributed by atoms with Crippen molar-refractivity contribution in [2.24, 2.45) is 0 Å². The van der Waals surface area contributed by atoms with Crippen molar-refractivity contribution < 1.29 is 4.79 Å². The van der Waals surface area contributed by atoms with Crippen molar-refractivity contribution in [3.05, 3.63) is 66.0 Å². The van der Waals surface area contributed by atoms with Crippen molar-refractivity contribution in [3.63, 3.8) is 0 Å². The van der Waals surface area contributed by atoms with Crippen molar-refractivity contribution in [2.45, 2.75) is 13.1 Å². The summed E-state index contributed by atoms with van der Waals surface area (Å²) in [6.07, 6.45) is 0. The van der Waals surface area contributed by atoms with Gasteiger partial charge >= 0.3 is 0 Å². The normalized spacial score (nSPS) is 15.9. The van der Waals surface area contributed by atoms with E-state index >= 15 is 0 Å². The first-order chi connectivity index (χ1) is 13.3. The maximum Gasteiger partial charge on any atom is 0.234 e. The Morgan fingerprint density at radius 1 is 0.963 bits per heavy atom. The Labute approximate surface area is 159 Å². The van der Waals surface area contributed by atoms with Gasteiger partial charge in [-0.05, 0) is 17.7 Å². The molecule has 0 atom stereocenters. The predicted octanol–water partition coefficient (Wildman–Crippen LogP) is 2.00. The lowest BCUT2D eigenvalue weighted by Crippen LogP contribution is -2.49. The van der Waals surface area contributed by atoms with E-state index in [2.05, 4.69) is 49.4 Å². The molecule has 0 radical (unpaired) electrons. The fourth-order valence-electron chi connectivity index (χ4n) is 3.48. The fourth-order valence-corrected chi connectivity index (χ4v) is 3.48. The van der Waals surface area contributed by atoms with Crippen molar-refractivity contribution in [3.8, 4) is 0 Å². The summed E-state index contributed by atoms with van der Waals surface area (Å²) < 4.78 is 0. The summed E-state index contributed by atoms with van der Waals surface area (Å²) in [5.41, 5.74) is 3.27. The van der Waals surface area contributed by atoms with Crippen LogP contribution in [0, 0.1) is 0 Å². The minimum Gasteiger partial charge on any atom is -0.348 e. The monoisotopic (exact) mass is 363 g/mol. The van der Waals surface area contributed by atoms with Crippen molar-refractivity contribution in [1.29, 1.82) is 0 Å². The topological polar surface area (TPSA) is 64.3 Å². The van der Waals surface area contributed by atoms with E-state index in [0.29, 0.717) is 13.1 Å². The highest BCUT2D eigenvalue weighted by atomic mass is 16.2. The van der Waals surface area contributed by atoms with Crippen LogP contribution in [0.1, 0.15) is 11.4 Å². The molecule has 140 valence electrons. The molecule has 6 nitrogen and oxygen atoms in total. The van der Waals surface area contributed by atoms with Gasteiger partial charge in [-0.15, -0.1) is 0 Å². The number of nitrogens with zero attached hydrogens (tertiary/aromatic N) is 3. The number of nitrogens with one attached hydrogen (secondary N) is 2. The van der Waals surface area contributed by atoms with E-state index in [1.54, 1.807) is 0 Å². The summed E-state index contributed by atoms with van der Waals surface area (Å²) in [5, 5.41) is 2.97. The van der Waals surface area contributed by atoms with E-state index in [-0.39, 0.29) is 5.91 Å². The van der Waals surface area contributed by atoms with Crippen LogP contribution in [-0.4, -0.2) is 58.4 Å². The second-order valence-corrected chi connectivity index (χ2v) is 7.02. The molecular weight excluding hydrogens is 338 g/mol. The molecule has 4 rings (SSSR count). The Morgan fingerprint density at radius 3 is 2.44 bits per heavy atom. The van der Waals surface area contributed by atoms with Gasteiger partial charge < -0.3 is 10.3 Å². The van der Waals surface area contributed by atoms with Crippen LogP contribution in [0.15, 0.2) is 54.6 Å². The van der Waals surface area contributed by atoms with Crippen LogP contribution >= 0.6 is 0 Å². The van der Waals surface area contributed by atoms with Crippen LogP contribution in [0.3, 0.4) is 0 Å². The summed E-state index contributed by atoms with van der Waals surface area (Å²) >= 11 is 0. The number of hydrogen-bond donors (Lipinski definition) is 2. The molecule has 27 heavy (non-hydrogen) atoms. The zero-order chi connectivity index (χ0) is 18.5. The summed E-state index contributed by atoms with van der Waals surface area (Å²) in [5.74, 6) is 0.837. The maximum absolute atomic E-state index is 12.3. The number of benzene rings is 2. The predicted molar refractivity (Wildman–Crippen MR) is 106 cm³/mol. The average Bonchev–Trinajstić information content (AvgIpc) is 3.12. The van der Waals surface area contributed by atoms with E-state index in [0.717, 1.165) is 49.6 Å². The van der Waals surface area contributed by atoms with E-state index in [1.165, 1.54) is 5.56 Å². The van der Waals surface area contributed by atoms with Crippen LogP contribution < -0.4 is 5.32 Å². The summed E-state index contributed by atoms with van der Waals surface area (Å²) in [4.78, 5) is 24.7. The van der Waals surface area contributed by atoms with Gasteiger partial charge in [-0.2, -0.15) is 0 Å². The van der Waals surface area contributed by atoms with Gasteiger partial charge in [-0.1, -0.05) is 42.5 Å². The van der Waals surface area contributed by atoms with Gasteiger partial charge in [0.2, 0.25) is 5.91 Å². The number of piperazine rings is 1. The average molecular weight is 363 g/mol. The van der Waals surface area contributed by atoms with Gasteiger partial charge in [0.1, 0.15) is 5.82 Å². The van der Waals surface area contributed by atoms with Gasteiger partial charge in [-0.25, -0.2) is 4.98 Å². The van der Waals surface area contributed by atoms with Crippen LogP contribution in [0.4, 0.5) is 0 Å². The zero-order valence-electron chi connectivity index (χ0n) is 15.4. The molecule has 1 aromatic heterocycles. The highest BCUT2D eigenvalue weighted by Crippen LogP contribution is 2.10. The van der Waals surface area contributed by atoms with Gasteiger partial charge in [0, 0.05) is 32.7 Å². The molecule has 0 saturated carbocycles. The molecule has 1 aliphatic rings. The molecule has 2 aromatic carbocycles. The summed E-state index contributed by atoms with van der Waals surface area (Å²) in [6.45, 7) is 5.68. The number of H-pyrrole nitrogens is 1. The van der Waals surface area contributed by atoms with Crippen LogP contribution in [-0.2, 0) is 17.9 Å². The minimum atomic E-state index is 0.0481. The largest absolute Gasteiger partial charge is 0.348 e. The highest BCUT2D eigenvalue weighted by Gasteiger charge is 2.19. The lowest BCUT2D eigenvalue weighted by atomic mass is 10.2. The van der Waals surface area contributed by atoms with E-state index < -0.39 is 0 Å². The number of carbonyl (C=O) groups excluding carboxylic acids is 1. The lowest BCUT2D eigenvalue weighted by molar-refractivity contribution is -0.122. The maximum atomic E-state index is 12.3. The Balaban J connectivity index is 1.20. The Morgan fingerprint density at radius 2 is 1.67 bits per heavy atom. The third kappa shape index (κ3) is 4.72. The number of amides is 1. The number of aromatic amines is 1. The number of imidazole rings is 1. The number of aromatic nitrogens is 2. The third-order valence-corrected chi connectivity index (χ3v) is 4.97. The SMILES string of the molecule is O=C(CN1CCN(Cc2ccccc2)CC1)NCc1nc2ccccc2[nH]1. The fraction of sp³-hybridized carbons (Fsp3) is 0.333. The molecule has 1 saturated heterocycles. The first-order valence-electron chi connectivity index (χ1n) is 9.45. The Kier molecular flexibility index (Phi) is 5.46. The van der Waals surface area contributed by atoms with Crippen LogP contribution in [0.5, 0.6) is 0 Å². The second kappa shape index (κ2) is 8.33. The van der Waals surface area contributed by atoms with Crippen LogP contribution in [0.2, 0.25) is 0 Å². The van der Waals surface area contributed by atoms with Crippen molar-refractivity contribution >= 4 is 16.9 Å². The standard InChI is InChI=1S/C21H25N5O/c27-21(22-14-20-23-18-8-4-5-9-19(18)24-20)16-26-12-10-25(11-13-26)15-17-6-2-1-3-7-17/h1-9H,10-16H2,(H,22,27)(H,23,24). The molecular formula is C21H25N5O. The van der Waals surface area contributed by atoms with Crippen molar-refractivity contribution in [2.75, 3.05) is 32.7 Å². The number of rotatable bonds is 6. The molecule has 0 bridgehead atoms. The molecule has 6 heteroatoms. The highest BCUT2D eigenvalue weighted by molar-refractivity contribution is 5.78. The Bertz CT molecular complexity index is 851. The zero-order valence-corrected chi connectivity index (χ0v) is 15.4. The molecule has 2 N–H and O–H groups in total. The first kappa shape index (κ1) is 17.7.